The van der Waals surface area contributed by atoms with E-state index in [9.17, 15) is 9.59 Å². The van der Waals surface area contributed by atoms with Crippen LogP contribution in [-0.4, -0.2) is 52.3 Å². The highest BCUT2D eigenvalue weighted by molar-refractivity contribution is 8.00. The molecule has 0 spiro atoms. The summed E-state index contributed by atoms with van der Waals surface area (Å²) in [5.41, 5.74) is 1.12. The van der Waals surface area contributed by atoms with E-state index in [1.165, 1.54) is 28.6 Å². The average Bonchev–Trinajstić information content (AvgIpc) is 3.00. The van der Waals surface area contributed by atoms with Crippen LogP contribution in [-0.2, 0) is 22.4 Å². The van der Waals surface area contributed by atoms with Crippen molar-refractivity contribution in [3.05, 3.63) is 20.8 Å². The molecule has 4 rings (SSSR count). The van der Waals surface area contributed by atoms with Crippen molar-refractivity contribution in [3.63, 3.8) is 0 Å². The van der Waals surface area contributed by atoms with Gasteiger partial charge in [0.15, 0.2) is 5.16 Å². The van der Waals surface area contributed by atoms with Gasteiger partial charge in [-0.05, 0) is 38.2 Å². The number of nitrogens with zero attached hydrogens (tertiary/aromatic N) is 2. The number of ether oxygens (including phenoxy) is 1. The van der Waals surface area contributed by atoms with Gasteiger partial charge in [-0.25, -0.2) is 4.98 Å². The molecule has 1 atom stereocenters. The van der Waals surface area contributed by atoms with Gasteiger partial charge in [-0.2, -0.15) is 0 Å². The molecule has 1 aliphatic heterocycles. The van der Waals surface area contributed by atoms with Crippen LogP contribution in [0.5, 0.6) is 0 Å². The Hall–Kier alpha value is -1.38. The van der Waals surface area contributed by atoms with Gasteiger partial charge in [-0.3, -0.25) is 9.59 Å². The number of morpholine rings is 1. The Morgan fingerprint density at radius 3 is 2.88 bits per heavy atom. The van der Waals surface area contributed by atoms with Gasteiger partial charge in [-0.1, -0.05) is 11.8 Å². The maximum absolute atomic E-state index is 12.6. The molecule has 25 heavy (non-hydrogen) atoms. The molecule has 1 fully saturated rings. The molecule has 0 unspecified atom stereocenters. The van der Waals surface area contributed by atoms with E-state index < -0.39 is 0 Å². The Morgan fingerprint density at radius 1 is 1.32 bits per heavy atom. The SMILES string of the molecule is C[C@@H](Sc1nc2sc3c(c2c(=O)[nH]1)CCCC3)C(=O)N1CCOCC1. The van der Waals surface area contributed by atoms with E-state index in [0.29, 0.717) is 31.5 Å². The van der Waals surface area contributed by atoms with Gasteiger partial charge < -0.3 is 14.6 Å². The number of thiophene rings is 1. The standard InChI is InChI=1S/C17H21N3O3S2/c1-10(16(22)20-6-8-23-9-7-20)24-17-18-14(21)13-11-4-2-3-5-12(11)25-15(13)19-17/h10H,2-9H2,1H3,(H,18,19,21)/t10-/m1/s1. The molecule has 134 valence electrons. The molecule has 1 amide bonds. The first kappa shape index (κ1) is 17.1. The van der Waals surface area contributed by atoms with Crippen LogP contribution >= 0.6 is 23.1 Å². The summed E-state index contributed by atoms with van der Waals surface area (Å²) in [6.07, 6.45) is 4.34. The molecule has 3 heterocycles. The molecule has 2 aliphatic rings. The van der Waals surface area contributed by atoms with Crippen molar-refractivity contribution >= 4 is 39.2 Å². The van der Waals surface area contributed by atoms with Crippen LogP contribution in [0.4, 0.5) is 0 Å². The lowest BCUT2D eigenvalue weighted by molar-refractivity contribution is -0.134. The Labute approximate surface area is 154 Å². The number of nitrogens with one attached hydrogen (secondary N) is 1. The van der Waals surface area contributed by atoms with Crippen molar-refractivity contribution < 1.29 is 9.53 Å². The number of aromatic amines is 1. The largest absolute Gasteiger partial charge is 0.378 e. The normalized spacial score (nSPS) is 19.0. The second-order valence-corrected chi connectivity index (χ2v) is 8.87. The van der Waals surface area contributed by atoms with E-state index in [4.69, 9.17) is 4.74 Å². The molecule has 1 N–H and O–H groups in total. The minimum Gasteiger partial charge on any atom is -0.378 e. The predicted octanol–water partition coefficient (Wildman–Crippen LogP) is 2.20. The van der Waals surface area contributed by atoms with E-state index in [2.05, 4.69) is 9.97 Å². The highest BCUT2D eigenvalue weighted by atomic mass is 32.2. The summed E-state index contributed by atoms with van der Waals surface area (Å²) in [7, 11) is 0. The number of carbonyl (C=O) groups is 1. The molecule has 1 aliphatic carbocycles. The molecule has 1 saturated heterocycles. The van der Waals surface area contributed by atoms with Crippen molar-refractivity contribution in [2.45, 2.75) is 43.0 Å². The van der Waals surface area contributed by atoms with Crippen LogP contribution < -0.4 is 5.56 Å². The number of hydrogen-bond acceptors (Lipinski definition) is 6. The maximum atomic E-state index is 12.6. The van der Waals surface area contributed by atoms with Crippen molar-refractivity contribution in [1.82, 2.24) is 14.9 Å². The highest BCUT2D eigenvalue weighted by Crippen LogP contribution is 2.34. The first-order valence-electron chi connectivity index (χ1n) is 8.71. The molecular formula is C17H21N3O3S2. The van der Waals surface area contributed by atoms with Crippen molar-refractivity contribution in [2.75, 3.05) is 26.3 Å². The maximum Gasteiger partial charge on any atom is 0.260 e. The summed E-state index contributed by atoms with van der Waals surface area (Å²) in [6, 6.07) is 0. The summed E-state index contributed by atoms with van der Waals surface area (Å²) < 4.78 is 5.29. The number of amides is 1. The molecule has 0 saturated carbocycles. The summed E-state index contributed by atoms with van der Waals surface area (Å²) in [6.45, 7) is 4.30. The van der Waals surface area contributed by atoms with Crippen molar-refractivity contribution in [3.8, 4) is 0 Å². The number of hydrogen-bond donors (Lipinski definition) is 1. The van der Waals surface area contributed by atoms with Crippen molar-refractivity contribution in [2.24, 2.45) is 0 Å². The quantitative estimate of drug-likeness (QED) is 0.654. The fourth-order valence-corrected chi connectivity index (χ4v) is 5.66. The summed E-state index contributed by atoms with van der Waals surface area (Å²) in [5, 5.41) is 1.01. The second kappa shape index (κ2) is 7.09. The van der Waals surface area contributed by atoms with Gasteiger partial charge in [0, 0.05) is 18.0 Å². The van der Waals surface area contributed by atoms with E-state index in [1.807, 2.05) is 11.8 Å². The fraction of sp³-hybridized carbons (Fsp3) is 0.588. The van der Waals surface area contributed by atoms with Gasteiger partial charge in [0.1, 0.15) is 4.83 Å². The Morgan fingerprint density at radius 2 is 2.08 bits per heavy atom. The minimum absolute atomic E-state index is 0.0709. The van der Waals surface area contributed by atoms with Gasteiger partial charge in [0.25, 0.3) is 5.56 Å². The number of rotatable bonds is 3. The monoisotopic (exact) mass is 379 g/mol. The topological polar surface area (TPSA) is 75.3 Å². The lowest BCUT2D eigenvalue weighted by atomic mass is 9.97. The van der Waals surface area contributed by atoms with Gasteiger partial charge in [0.05, 0.1) is 23.8 Å². The minimum atomic E-state index is -0.284. The summed E-state index contributed by atoms with van der Waals surface area (Å²) in [4.78, 5) is 36.6. The molecule has 0 radical (unpaired) electrons. The van der Waals surface area contributed by atoms with Gasteiger partial charge >= 0.3 is 0 Å². The second-order valence-electron chi connectivity index (χ2n) is 6.46. The van der Waals surface area contributed by atoms with E-state index in [0.717, 1.165) is 29.5 Å². The van der Waals surface area contributed by atoms with Crippen LogP contribution in [0.3, 0.4) is 0 Å². The first-order valence-corrected chi connectivity index (χ1v) is 10.4. The number of fused-ring (bicyclic) bond motifs is 3. The molecule has 0 aromatic carbocycles. The Bertz CT molecular complexity index is 855. The lowest BCUT2D eigenvalue weighted by Crippen LogP contribution is -2.44. The third kappa shape index (κ3) is 3.35. The summed E-state index contributed by atoms with van der Waals surface area (Å²) >= 11 is 2.96. The molecule has 2 aromatic heterocycles. The average molecular weight is 380 g/mol. The Balaban J connectivity index is 1.57. The molecule has 6 nitrogen and oxygen atoms in total. The van der Waals surface area contributed by atoms with Crippen LogP contribution in [0.25, 0.3) is 10.2 Å². The Kier molecular flexibility index (Phi) is 4.84. The molecule has 0 bridgehead atoms. The molecule has 2 aromatic rings. The number of carbonyl (C=O) groups excluding carboxylic acids is 1. The highest BCUT2D eigenvalue weighted by Gasteiger charge is 2.25. The molecule has 8 heteroatoms. The van der Waals surface area contributed by atoms with E-state index in [1.54, 1.807) is 11.3 Å². The first-order chi connectivity index (χ1) is 12.1. The van der Waals surface area contributed by atoms with Crippen LogP contribution in [0.15, 0.2) is 9.95 Å². The third-order valence-corrected chi connectivity index (χ3v) is 6.92. The predicted molar refractivity (Wildman–Crippen MR) is 99.6 cm³/mol. The fourth-order valence-electron chi connectivity index (χ4n) is 3.46. The number of thioether (sulfide) groups is 1. The zero-order valence-corrected chi connectivity index (χ0v) is 15.8. The number of aromatic nitrogens is 2. The zero-order valence-electron chi connectivity index (χ0n) is 14.2. The van der Waals surface area contributed by atoms with Crippen molar-refractivity contribution in [1.29, 1.82) is 0 Å². The lowest BCUT2D eigenvalue weighted by Gasteiger charge is -2.28. The van der Waals surface area contributed by atoms with Gasteiger partial charge in [0.2, 0.25) is 5.91 Å². The summed E-state index contributed by atoms with van der Waals surface area (Å²) in [5.74, 6) is 0.0709. The van der Waals surface area contributed by atoms with E-state index in [-0.39, 0.29) is 16.7 Å². The third-order valence-electron chi connectivity index (χ3n) is 4.76. The smallest absolute Gasteiger partial charge is 0.260 e. The van der Waals surface area contributed by atoms with Gasteiger partial charge in [-0.15, -0.1) is 11.3 Å². The number of aryl methyl sites for hydroxylation is 2. The van der Waals surface area contributed by atoms with Crippen LogP contribution in [0, 0.1) is 0 Å². The zero-order chi connectivity index (χ0) is 17.4. The molecular weight excluding hydrogens is 358 g/mol. The van der Waals surface area contributed by atoms with Crippen LogP contribution in [0.1, 0.15) is 30.2 Å². The van der Waals surface area contributed by atoms with Crippen LogP contribution in [0.2, 0.25) is 0 Å². The number of H-pyrrole nitrogens is 1. The van der Waals surface area contributed by atoms with E-state index >= 15 is 0 Å².